The van der Waals surface area contributed by atoms with Crippen LogP contribution in [0.25, 0.3) is 0 Å². The molecule has 3 N–H and O–H groups in total. The average Bonchev–Trinajstić information content (AvgIpc) is 2.20. The van der Waals surface area contributed by atoms with Gasteiger partial charge < -0.3 is 11.1 Å². The van der Waals surface area contributed by atoms with E-state index in [4.69, 9.17) is 17.3 Å². The molecule has 0 saturated heterocycles. The van der Waals surface area contributed by atoms with Gasteiger partial charge in [-0.25, -0.2) is 4.39 Å². The number of rotatable bonds is 3. The number of amides is 1. The number of benzene rings is 1. The Bertz CT molecular complexity index is 396. The molecule has 0 heterocycles. The second kappa shape index (κ2) is 5.27. The minimum absolute atomic E-state index is 0.00429. The summed E-state index contributed by atoms with van der Waals surface area (Å²) < 4.78 is 13.3. The number of halogens is 2. The zero-order valence-electron chi connectivity index (χ0n) is 9.13. The topological polar surface area (TPSA) is 55.1 Å². The molecule has 5 heteroatoms. The van der Waals surface area contributed by atoms with Crippen molar-refractivity contribution >= 4 is 23.2 Å². The first-order valence-electron chi connectivity index (χ1n) is 4.93. The van der Waals surface area contributed by atoms with Crippen LogP contribution in [0, 0.1) is 11.7 Å². The summed E-state index contributed by atoms with van der Waals surface area (Å²) in [5.41, 5.74) is 5.72. The SMILES string of the molecule is CC(C)C(N)C(=O)Nc1ccc(Cl)cc1F. The average molecular weight is 245 g/mol. The first-order valence-corrected chi connectivity index (χ1v) is 5.31. The minimum Gasteiger partial charge on any atom is -0.322 e. The van der Waals surface area contributed by atoms with Gasteiger partial charge in [0.1, 0.15) is 5.82 Å². The minimum atomic E-state index is -0.657. The first-order chi connectivity index (χ1) is 7.41. The van der Waals surface area contributed by atoms with Crippen molar-refractivity contribution in [1.82, 2.24) is 0 Å². The third kappa shape index (κ3) is 3.18. The molecular formula is C11H14ClFN2O. The summed E-state index contributed by atoms with van der Waals surface area (Å²) in [4.78, 5) is 11.6. The fourth-order valence-corrected chi connectivity index (χ4v) is 1.27. The molecule has 1 aromatic rings. The van der Waals surface area contributed by atoms with Crippen molar-refractivity contribution in [2.75, 3.05) is 5.32 Å². The van der Waals surface area contributed by atoms with Crippen LogP contribution in [-0.2, 0) is 4.79 Å². The van der Waals surface area contributed by atoms with Crippen LogP contribution in [0.2, 0.25) is 5.02 Å². The molecule has 1 unspecified atom stereocenters. The van der Waals surface area contributed by atoms with Gasteiger partial charge in [-0.05, 0) is 24.1 Å². The van der Waals surface area contributed by atoms with Crippen molar-refractivity contribution in [3.63, 3.8) is 0 Å². The maximum Gasteiger partial charge on any atom is 0.241 e. The Morgan fingerprint density at radius 1 is 1.50 bits per heavy atom. The second-order valence-corrected chi connectivity index (χ2v) is 4.32. The molecule has 0 aliphatic carbocycles. The lowest BCUT2D eigenvalue weighted by atomic mass is 10.0. The van der Waals surface area contributed by atoms with Crippen LogP contribution >= 0.6 is 11.6 Å². The van der Waals surface area contributed by atoms with Gasteiger partial charge >= 0.3 is 0 Å². The summed E-state index contributed by atoms with van der Waals surface area (Å²) in [5, 5.41) is 2.70. The number of anilines is 1. The molecule has 0 aliphatic heterocycles. The van der Waals surface area contributed by atoms with Crippen LogP contribution in [0.5, 0.6) is 0 Å². The summed E-state index contributed by atoms with van der Waals surface area (Å²) >= 11 is 5.59. The van der Waals surface area contributed by atoms with E-state index in [2.05, 4.69) is 5.32 Å². The highest BCUT2D eigenvalue weighted by Gasteiger charge is 2.18. The molecule has 1 amide bonds. The Hall–Kier alpha value is -1.13. The van der Waals surface area contributed by atoms with E-state index in [1.165, 1.54) is 12.1 Å². The van der Waals surface area contributed by atoms with Gasteiger partial charge in [0, 0.05) is 5.02 Å². The molecular weight excluding hydrogens is 231 g/mol. The van der Waals surface area contributed by atoms with E-state index in [-0.39, 0.29) is 16.6 Å². The smallest absolute Gasteiger partial charge is 0.241 e. The molecule has 88 valence electrons. The van der Waals surface area contributed by atoms with Gasteiger partial charge in [-0.2, -0.15) is 0 Å². The zero-order valence-corrected chi connectivity index (χ0v) is 9.88. The third-order valence-electron chi connectivity index (χ3n) is 2.21. The number of hydrogen-bond acceptors (Lipinski definition) is 2. The Labute approximate surface area is 98.8 Å². The Balaban J connectivity index is 2.77. The lowest BCUT2D eigenvalue weighted by molar-refractivity contribution is -0.118. The van der Waals surface area contributed by atoms with Crippen LogP contribution in [0.1, 0.15) is 13.8 Å². The lowest BCUT2D eigenvalue weighted by Crippen LogP contribution is -2.39. The van der Waals surface area contributed by atoms with Gasteiger partial charge in [0.2, 0.25) is 5.91 Å². The van der Waals surface area contributed by atoms with E-state index < -0.39 is 17.8 Å². The van der Waals surface area contributed by atoms with E-state index in [0.717, 1.165) is 6.07 Å². The van der Waals surface area contributed by atoms with Crippen molar-refractivity contribution in [1.29, 1.82) is 0 Å². The number of nitrogens with one attached hydrogen (secondary N) is 1. The van der Waals surface area contributed by atoms with Crippen LogP contribution < -0.4 is 11.1 Å². The predicted molar refractivity (Wildman–Crippen MR) is 62.9 cm³/mol. The monoisotopic (exact) mass is 244 g/mol. The molecule has 1 rings (SSSR count). The third-order valence-corrected chi connectivity index (χ3v) is 2.45. The maximum atomic E-state index is 13.3. The predicted octanol–water partition coefficient (Wildman–Crippen LogP) is 2.40. The molecule has 0 aliphatic rings. The molecule has 1 aromatic carbocycles. The van der Waals surface area contributed by atoms with Gasteiger partial charge in [0.05, 0.1) is 11.7 Å². The van der Waals surface area contributed by atoms with Crippen LogP contribution in [-0.4, -0.2) is 11.9 Å². The summed E-state index contributed by atoms with van der Waals surface area (Å²) in [7, 11) is 0. The highest BCUT2D eigenvalue weighted by molar-refractivity contribution is 6.30. The quantitative estimate of drug-likeness (QED) is 0.858. The fraction of sp³-hybridized carbons (Fsp3) is 0.364. The van der Waals surface area contributed by atoms with E-state index in [1.807, 2.05) is 13.8 Å². The number of nitrogens with two attached hydrogens (primary N) is 1. The van der Waals surface area contributed by atoms with E-state index in [1.54, 1.807) is 0 Å². The van der Waals surface area contributed by atoms with Crippen molar-refractivity contribution in [3.05, 3.63) is 29.0 Å². The molecule has 0 spiro atoms. The highest BCUT2D eigenvalue weighted by atomic mass is 35.5. The first kappa shape index (κ1) is 12.9. The van der Waals surface area contributed by atoms with E-state index in [0.29, 0.717) is 0 Å². The summed E-state index contributed by atoms with van der Waals surface area (Å²) in [6.45, 7) is 3.64. The molecule has 3 nitrogen and oxygen atoms in total. The van der Waals surface area contributed by atoms with E-state index >= 15 is 0 Å². The highest BCUT2D eigenvalue weighted by Crippen LogP contribution is 2.19. The van der Waals surface area contributed by atoms with Gasteiger partial charge in [0.15, 0.2) is 0 Å². The Morgan fingerprint density at radius 2 is 2.12 bits per heavy atom. The van der Waals surface area contributed by atoms with Crippen molar-refractivity contribution in [2.45, 2.75) is 19.9 Å². The van der Waals surface area contributed by atoms with Crippen LogP contribution in [0.4, 0.5) is 10.1 Å². The second-order valence-electron chi connectivity index (χ2n) is 3.88. The largest absolute Gasteiger partial charge is 0.322 e. The van der Waals surface area contributed by atoms with Crippen molar-refractivity contribution in [2.24, 2.45) is 11.7 Å². The molecule has 0 fully saturated rings. The fourth-order valence-electron chi connectivity index (χ4n) is 1.11. The van der Waals surface area contributed by atoms with E-state index in [9.17, 15) is 9.18 Å². The summed E-state index contributed by atoms with van der Waals surface area (Å²) in [6.07, 6.45) is 0. The van der Waals surface area contributed by atoms with Crippen LogP contribution in [0.3, 0.4) is 0 Å². The normalized spacial score (nSPS) is 12.6. The lowest BCUT2D eigenvalue weighted by Gasteiger charge is -2.15. The maximum absolute atomic E-state index is 13.3. The van der Waals surface area contributed by atoms with Gasteiger partial charge in [0.25, 0.3) is 0 Å². The summed E-state index contributed by atoms with van der Waals surface area (Å²) in [5.74, 6) is -0.983. The molecule has 16 heavy (non-hydrogen) atoms. The van der Waals surface area contributed by atoms with Gasteiger partial charge in [-0.15, -0.1) is 0 Å². The molecule has 0 saturated carbocycles. The van der Waals surface area contributed by atoms with Gasteiger partial charge in [-0.1, -0.05) is 25.4 Å². The van der Waals surface area contributed by atoms with Gasteiger partial charge in [-0.3, -0.25) is 4.79 Å². The summed E-state index contributed by atoms with van der Waals surface area (Å²) in [6, 6.07) is 3.39. The molecule has 0 radical (unpaired) electrons. The Kier molecular flexibility index (Phi) is 4.26. The van der Waals surface area contributed by atoms with Crippen molar-refractivity contribution in [3.8, 4) is 0 Å². The standard InChI is InChI=1S/C11H14ClFN2O/c1-6(2)10(14)11(16)15-9-4-3-7(12)5-8(9)13/h3-6,10H,14H2,1-2H3,(H,15,16). The molecule has 1 atom stereocenters. The number of carbonyl (C=O) groups excluding carboxylic acids is 1. The number of hydrogen-bond donors (Lipinski definition) is 2. The Morgan fingerprint density at radius 3 is 2.62 bits per heavy atom. The molecule has 0 aromatic heterocycles. The zero-order chi connectivity index (χ0) is 12.3. The number of carbonyl (C=O) groups is 1. The van der Waals surface area contributed by atoms with Crippen LogP contribution in [0.15, 0.2) is 18.2 Å². The van der Waals surface area contributed by atoms with Crippen molar-refractivity contribution < 1.29 is 9.18 Å². The molecule has 0 bridgehead atoms.